The van der Waals surface area contributed by atoms with Crippen molar-refractivity contribution in [3.63, 3.8) is 0 Å². The first kappa shape index (κ1) is 15.1. The Kier molecular flexibility index (Phi) is 3.66. The number of carbonyl (C=O) groups excluding carboxylic acids is 1. The molecule has 1 saturated carbocycles. The molecule has 5 nitrogen and oxygen atoms in total. The molecule has 3 heterocycles. The Hall–Kier alpha value is -1.44. The van der Waals surface area contributed by atoms with E-state index in [1.54, 1.807) is 0 Å². The largest absolute Gasteiger partial charge is 0.477 e. The van der Waals surface area contributed by atoms with Crippen LogP contribution < -0.4 is 5.32 Å². The van der Waals surface area contributed by atoms with E-state index < -0.39 is 5.97 Å². The standard InChI is InChI=1S/C16H17NO4S2/c18-14(10-7-16(10)2-4-21-5-3-16)17-8-9-12-11(1-6-22-12)23-13(9)15(19)20/h1,6,10H,2-5,7-8H2,(H,17,18)(H,19,20). The number of thiophene rings is 2. The van der Waals surface area contributed by atoms with Crippen LogP contribution >= 0.6 is 22.7 Å². The van der Waals surface area contributed by atoms with E-state index in [1.807, 2.05) is 11.4 Å². The molecule has 2 fully saturated rings. The first-order chi connectivity index (χ1) is 11.1. The van der Waals surface area contributed by atoms with Gasteiger partial charge in [0.15, 0.2) is 0 Å². The zero-order chi connectivity index (χ0) is 16.0. The number of rotatable bonds is 4. The Morgan fingerprint density at radius 3 is 2.91 bits per heavy atom. The quantitative estimate of drug-likeness (QED) is 0.887. The van der Waals surface area contributed by atoms with Crippen LogP contribution in [-0.2, 0) is 16.1 Å². The molecule has 1 amide bonds. The molecule has 0 radical (unpaired) electrons. The Labute approximate surface area is 141 Å². The summed E-state index contributed by atoms with van der Waals surface area (Å²) in [6, 6.07) is 1.93. The molecule has 1 unspecified atom stereocenters. The van der Waals surface area contributed by atoms with E-state index in [-0.39, 0.29) is 17.2 Å². The van der Waals surface area contributed by atoms with E-state index in [1.165, 1.54) is 22.7 Å². The fourth-order valence-corrected chi connectivity index (χ4v) is 5.77. The smallest absolute Gasteiger partial charge is 0.346 e. The predicted octanol–water partition coefficient (Wildman–Crippen LogP) is 3.09. The van der Waals surface area contributed by atoms with Crippen LogP contribution in [0.1, 0.15) is 34.5 Å². The monoisotopic (exact) mass is 351 g/mol. The van der Waals surface area contributed by atoms with Gasteiger partial charge in [0.05, 0.1) is 4.70 Å². The third kappa shape index (κ3) is 2.56. The number of nitrogens with one attached hydrogen (secondary N) is 1. The van der Waals surface area contributed by atoms with Crippen LogP contribution in [0.3, 0.4) is 0 Å². The average Bonchev–Trinajstić information content (AvgIpc) is 2.91. The third-order valence-corrected chi connectivity index (χ3v) is 7.31. The summed E-state index contributed by atoms with van der Waals surface area (Å²) >= 11 is 2.81. The fraction of sp³-hybridized carbons (Fsp3) is 0.500. The maximum Gasteiger partial charge on any atom is 0.346 e. The van der Waals surface area contributed by atoms with E-state index in [9.17, 15) is 14.7 Å². The van der Waals surface area contributed by atoms with E-state index in [4.69, 9.17) is 4.74 Å². The van der Waals surface area contributed by atoms with Crippen molar-refractivity contribution in [2.45, 2.75) is 25.8 Å². The summed E-state index contributed by atoms with van der Waals surface area (Å²) in [5.74, 6) is -0.800. The van der Waals surface area contributed by atoms with Crippen LogP contribution in [-0.4, -0.2) is 30.2 Å². The van der Waals surface area contributed by atoms with Crippen LogP contribution in [0.5, 0.6) is 0 Å². The lowest BCUT2D eigenvalue weighted by atomic mass is 9.93. The average molecular weight is 351 g/mol. The molecule has 2 N–H and O–H groups in total. The molecule has 23 heavy (non-hydrogen) atoms. The number of carboxylic acid groups (broad SMARTS) is 1. The number of ether oxygens (including phenoxy) is 1. The maximum atomic E-state index is 12.4. The summed E-state index contributed by atoms with van der Waals surface area (Å²) in [7, 11) is 0. The van der Waals surface area contributed by atoms with Crippen molar-refractivity contribution in [2.75, 3.05) is 13.2 Å². The summed E-state index contributed by atoms with van der Waals surface area (Å²) in [5.41, 5.74) is 0.882. The van der Waals surface area contributed by atoms with Crippen molar-refractivity contribution in [2.24, 2.45) is 11.3 Å². The Bertz CT molecular complexity index is 772. The number of amides is 1. The first-order valence-corrected chi connectivity index (χ1v) is 9.38. The molecule has 1 spiro atoms. The second-order valence-electron chi connectivity index (χ2n) is 6.28. The number of carboxylic acids is 1. The molecule has 1 saturated heterocycles. The number of aromatic carboxylic acids is 1. The molecule has 0 bridgehead atoms. The number of hydrogen-bond acceptors (Lipinski definition) is 5. The molecule has 7 heteroatoms. The van der Waals surface area contributed by atoms with Gasteiger partial charge in [0.25, 0.3) is 0 Å². The van der Waals surface area contributed by atoms with Gasteiger partial charge in [-0.25, -0.2) is 4.79 Å². The van der Waals surface area contributed by atoms with E-state index >= 15 is 0 Å². The Morgan fingerprint density at radius 1 is 1.39 bits per heavy atom. The molecule has 2 aromatic rings. The van der Waals surface area contributed by atoms with Crippen molar-refractivity contribution in [1.29, 1.82) is 0 Å². The second kappa shape index (κ2) is 5.58. The summed E-state index contributed by atoms with van der Waals surface area (Å²) < 4.78 is 7.33. The first-order valence-electron chi connectivity index (χ1n) is 7.68. The summed E-state index contributed by atoms with van der Waals surface area (Å²) in [5, 5.41) is 14.3. The van der Waals surface area contributed by atoms with Crippen LogP contribution in [0.2, 0.25) is 0 Å². The van der Waals surface area contributed by atoms with Gasteiger partial charge in [0, 0.05) is 35.9 Å². The molecule has 1 aliphatic heterocycles. The minimum Gasteiger partial charge on any atom is -0.477 e. The molecule has 2 aliphatic rings. The highest BCUT2D eigenvalue weighted by molar-refractivity contribution is 7.28. The van der Waals surface area contributed by atoms with Gasteiger partial charge in [-0.3, -0.25) is 4.79 Å². The van der Waals surface area contributed by atoms with Gasteiger partial charge in [-0.05, 0) is 36.1 Å². The van der Waals surface area contributed by atoms with Gasteiger partial charge in [-0.1, -0.05) is 0 Å². The third-order valence-electron chi connectivity index (χ3n) is 5.02. The molecule has 4 rings (SSSR count). The molecule has 2 aromatic heterocycles. The van der Waals surface area contributed by atoms with E-state index in [0.29, 0.717) is 11.4 Å². The summed E-state index contributed by atoms with van der Waals surface area (Å²) in [6.45, 7) is 1.78. The molecule has 1 aliphatic carbocycles. The lowest BCUT2D eigenvalue weighted by Crippen LogP contribution is -2.29. The minimum atomic E-state index is -0.921. The van der Waals surface area contributed by atoms with Gasteiger partial charge in [0.2, 0.25) is 5.91 Å². The molecule has 1 atom stereocenters. The highest BCUT2D eigenvalue weighted by Gasteiger charge is 2.57. The predicted molar refractivity (Wildman–Crippen MR) is 89.1 cm³/mol. The van der Waals surface area contributed by atoms with Crippen LogP contribution in [0.15, 0.2) is 11.4 Å². The summed E-state index contributed by atoms with van der Waals surface area (Å²) in [4.78, 5) is 24.2. The lowest BCUT2D eigenvalue weighted by molar-refractivity contribution is -0.123. The Morgan fingerprint density at radius 2 is 2.17 bits per heavy atom. The minimum absolute atomic E-state index is 0.0548. The Balaban J connectivity index is 1.47. The highest BCUT2D eigenvalue weighted by atomic mass is 32.1. The lowest BCUT2D eigenvalue weighted by Gasteiger charge is -2.22. The van der Waals surface area contributed by atoms with Crippen molar-refractivity contribution in [3.05, 3.63) is 21.9 Å². The van der Waals surface area contributed by atoms with Crippen molar-refractivity contribution < 1.29 is 19.4 Å². The van der Waals surface area contributed by atoms with Gasteiger partial charge >= 0.3 is 5.97 Å². The highest BCUT2D eigenvalue weighted by Crippen LogP contribution is 2.59. The molecule has 0 aromatic carbocycles. The van der Waals surface area contributed by atoms with Crippen LogP contribution in [0, 0.1) is 11.3 Å². The van der Waals surface area contributed by atoms with E-state index in [0.717, 1.165) is 47.4 Å². The molecular weight excluding hydrogens is 334 g/mol. The van der Waals surface area contributed by atoms with Gasteiger partial charge < -0.3 is 15.2 Å². The topological polar surface area (TPSA) is 75.6 Å². The SMILES string of the molecule is O=C(O)c1sc2ccsc2c1CNC(=O)C1CC12CCOCC2. The van der Waals surface area contributed by atoms with Crippen LogP contribution in [0.25, 0.3) is 9.40 Å². The van der Waals surface area contributed by atoms with Gasteiger partial charge in [-0.2, -0.15) is 0 Å². The molecular formula is C16H17NO4S2. The summed E-state index contributed by atoms with van der Waals surface area (Å²) in [6.07, 6.45) is 2.85. The van der Waals surface area contributed by atoms with Crippen molar-refractivity contribution >= 4 is 43.9 Å². The number of hydrogen-bond donors (Lipinski definition) is 2. The molecule has 122 valence electrons. The zero-order valence-electron chi connectivity index (χ0n) is 12.5. The zero-order valence-corrected chi connectivity index (χ0v) is 14.1. The number of fused-ring (bicyclic) bond motifs is 1. The van der Waals surface area contributed by atoms with Gasteiger partial charge in [-0.15, -0.1) is 22.7 Å². The maximum absolute atomic E-state index is 12.4. The van der Waals surface area contributed by atoms with Crippen molar-refractivity contribution in [3.8, 4) is 0 Å². The second-order valence-corrected chi connectivity index (χ2v) is 8.25. The fourth-order valence-electron chi connectivity index (χ4n) is 3.55. The van der Waals surface area contributed by atoms with E-state index in [2.05, 4.69) is 5.32 Å². The normalized spacial score (nSPS) is 22.3. The van der Waals surface area contributed by atoms with Crippen LogP contribution in [0.4, 0.5) is 0 Å². The number of carbonyl (C=O) groups is 2. The van der Waals surface area contributed by atoms with Crippen molar-refractivity contribution in [1.82, 2.24) is 5.32 Å². The van der Waals surface area contributed by atoms with Gasteiger partial charge in [0.1, 0.15) is 4.88 Å².